The number of terminal acetylenes is 1. The lowest BCUT2D eigenvalue weighted by Gasteiger charge is -2.27. The Morgan fingerprint density at radius 1 is 1.50 bits per heavy atom. The van der Waals surface area contributed by atoms with E-state index in [0.717, 1.165) is 43.9 Å². The van der Waals surface area contributed by atoms with Crippen molar-refractivity contribution in [2.45, 2.75) is 31.6 Å². The van der Waals surface area contributed by atoms with Gasteiger partial charge in [-0.15, -0.1) is 6.42 Å². The molecule has 0 radical (unpaired) electrons. The van der Waals surface area contributed by atoms with E-state index < -0.39 is 6.10 Å². The summed E-state index contributed by atoms with van der Waals surface area (Å²) >= 11 is 0. The molecule has 24 heavy (non-hydrogen) atoms. The summed E-state index contributed by atoms with van der Waals surface area (Å²) < 4.78 is 16.3. The van der Waals surface area contributed by atoms with E-state index in [1.807, 2.05) is 18.2 Å². The molecule has 1 aromatic carbocycles. The van der Waals surface area contributed by atoms with Crippen LogP contribution in [0.1, 0.15) is 18.4 Å². The Labute approximate surface area is 144 Å². The zero-order valence-electron chi connectivity index (χ0n) is 14.3. The molecule has 5 heteroatoms. The van der Waals surface area contributed by atoms with Crippen molar-refractivity contribution < 1.29 is 19.3 Å². The highest BCUT2D eigenvalue weighted by molar-refractivity contribution is 5.28. The van der Waals surface area contributed by atoms with Gasteiger partial charge in [-0.05, 0) is 30.5 Å². The smallest absolute Gasteiger partial charge is 0.119 e. The third-order valence-corrected chi connectivity index (χ3v) is 3.99. The maximum Gasteiger partial charge on any atom is 0.119 e. The van der Waals surface area contributed by atoms with E-state index >= 15 is 0 Å². The molecule has 0 spiro atoms. The van der Waals surface area contributed by atoms with Crippen molar-refractivity contribution in [2.75, 3.05) is 40.0 Å². The van der Waals surface area contributed by atoms with E-state index in [0.29, 0.717) is 6.54 Å². The molecule has 0 bridgehead atoms. The fourth-order valence-corrected chi connectivity index (χ4v) is 2.91. The highest BCUT2D eigenvalue weighted by Gasteiger charge is 2.21. The summed E-state index contributed by atoms with van der Waals surface area (Å²) in [5.74, 6) is 3.24. The van der Waals surface area contributed by atoms with Crippen molar-refractivity contribution in [1.29, 1.82) is 0 Å². The highest BCUT2D eigenvalue weighted by Crippen LogP contribution is 2.18. The van der Waals surface area contributed by atoms with E-state index in [4.69, 9.17) is 20.6 Å². The topological polar surface area (TPSA) is 51.2 Å². The van der Waals surface area contributed by atoms with Crippen molar-refractivity contribution >= 4 is 0 Å². The summed E-state index contributed by atoms with van der Waals surface area (Å²) in [5.41, 5.74) is 1.14. The van der Waals surface area contributed by atoms with Crippen LogP contribution in [-0.4, -0.2) is 62.2 Å². The van der Waals surface area contributed by atoms with Crippen LogP contribution in [0.5, 0.6) is 5.75 Å². The molecule has 0 amide bonds. The number of benzene rings is 1. The Morgan fingerprint density at radius 2 is 2.38 bits per heavy atom. The van der Waals surface area contributed by atoms with Crippen LogP contribution in [0, 0.1) is 12.3 Å². The average Bonchev–Trinajstić information content (AvgIpc) is 3.08. The van der Waals surface area contributed by atoms with Gasteiger partial charge in [0, 0.05) is 26.2 Å². The van der Waals surface area contributed by atoms with Crippen LogP contribution in [0.25, 0.3) is 0 Å². The second-order valence-corrected chi connectivity index (χ2v) is 6.05. The summed E-state index contributed by atoms with van der Waals surface area (Å²) in [5, 5.41) is 10.2. The summed E-state index contributed by atoms with van der Waals surface area (Å²) in [6.07, 6.45) is 6.98. The molecule has 132 valence electrons. The molecule has 2 atom stereocenters. The first-order valence-electron chi connectivity index (χ1n) is 8.37. The minimum Gasteiger partial charge on any atom is -0.497 e. The Balaban J connectivity index is 1.94. The van der Waals surface area contributed by atoms with Crippen molar-refractivity contribution in [2.24, 2.45) is 0 Å². The van der Waals surface area contributed by atoms with Gasteiger partial charge in [-0.25, -0.2) is 0 Å². The summed E-state index contributed by atoms with van der Waals surface area (Å²) in [6, 6.07) is 7.98. The Hall–Kier alpha value is -1.58. The van der Waals surface area contributed by atoms with Gasteiger partial charge in [0.05, 0.1) is 25.9 Å². The van der Waals surface area contributed by atoms with Gasteiger partial charge in [-0.1, -0.05) is 18.1 Å². The lowest BCUT2D eigenvalue weighted by molar-refractivity contribution is 0.00954. The van der Waals surface area contributed by atoms with Gasteiger partial charge in [-0.2, -0.15) is 0 Å². The lowest BCUT2D eigenvalue weighted by Crippen LogP contribution is -2.39. The number of aliphatic hydroxyl groups is 1. The van der Waals surface area contributed by atoms with E-state index in [9.17, 15) is 5.11 Å². The van der Waals surface area contributed by atoms with Crippen LogP contribution in [0.15, 0.2) is 24.3 Å². The van der Waals surface area contributed by atoms with Crippen LogP contribution in [0.2, 0.25) is 0 Å². The van der Waals surface area contributed by atoms with E-state index in [-0.39, 0.29) is 19.3 Å². The number of aliphatic hydroxyl groups excluding tert-OH is 1. The van der Waals surface area contributed by atoms with Crippen molar-refractivity contribution in [1.82, 2.24) is 4.90 Å². The molecule has 2 unspecified atom stereocenters. The monoisotopic (exact) mass is 333 g/mol. The molecular weight excluding hydrogens is 306 g/mol. The van der Waals surface area contributed by atoms with Gasteiger partial charge in [0.1, 0.15) is 12.4 Å². The van der Waals surface area contributed by atoms with Crippen LogP contribution in [-0.2, 0) is 16.0 Å². The number of hydrogen-bond acceptors (Lipinski definition) is 5. The molecular formula is C19H27NO4. The van der Waals surface area contributed by atoms with Gasteiger partial charge in [0.15, 0.2) is 0 Å². The predicted octanol–water partition coefficient (Wildman–Crippen LogP) is 1.69. The van der Waals surface area contributed by atoms with Crippen molar-refractivity contribution in [3.63, 3.8) is 0 Å². The average molecular weight is 333 g/mol. The van der Waals surface area contributed by atoms with E-state index in [1.165, 1.54) is 0 Å². The third kappa shape index (κ3) is 6.50. The van der Waals surface area contributed by atoms with Crippen LogP contribution in [0.4, 0.5) is 0 Å². The molecule has 1 aliphatic rings. The normalized spacial score (nSPS) is 18.5. The summed E-state index contributed by atoms with van der Waals surface area (Å²) in [4.78, 5) is 2.20. The first kappa shape index (κ1) is 18.8. The van der Waals surface area contributed by atoms with Crippen LogP contribution in [0.3, 0.4) is 0 Å². The zero-order valence-corrected chi connectivity index (χ0v) is 14.3. The maximum atomic E-state index is 10.2. The van der Waals surface area contributed by atoms with E-state index in [1.54, 1.807) is 7.11 Å². The molecule has 0 saturated carbocycles. The van der Waals surface area contributed by atoms with Crippen molar-refractivity contribution in [3.05, 3.63) is 29.8 Å². The molecule has 1 fully saturated rings. The molecule has 5 nitrogen and oxygen atoms in total. The van der Waals surface area contributed by atoms with Gasteiger partial charge in [0.25, 0.3) is 0 Å². The minimum atomic E-state index is -0.578. The molecule has 1 saturated heterocycles. The quantitative estimate of drug-likeness (QED) is 0.522. The maximum absolute atomic E-state index is 10.2. The third-order valence-electron chi connectivity index (χ3n) is 3.99. The largest absolute Gasteiger partial charge is 0.497 e. The molecule has 1 aliphatic heterocycles. The second-order valence-electron chi connectivity index (χ2n) is 6.05. The molecule has 0 aliphatic carbocycles. The molecule has 2 rings (SSSR count). The molecule has 1 N–H and O–H groups in total. The SMILES string of the molecule is C#CCOCC(O)CN(Cc1cccc(OC)c1)CC1CCCO1. The Bertz CT molecular complexity index is 522. The zero-order chi connectivity index (χ0) is 17.2. The number of methoxy groups -OCH3 is 1. The molecule has 0 aromatic heterocycles. The van der Waals surface area contributed by atoms with Gasteiger partial charge in [-0.3, -0.25) is 4.90 Å². The lowest BCUT2D eigenvalue weighted by atomic mass is 10.1. The standard InChI is InChI=1S/C19H27NO4/c1-3-9-23-15-17(21)13-20(14-19-8-5-10-24-19)12-16-6-4-7-18(11-16)22-2/h1,4,6-7,11,17,19,21H,5,8-10,12-15H2,2H3. The Kier molecular flexibility index (Phi) is 8.06. The number of hydrogen-bond donors (Lipinski definition) is 1. The number of rotatable bonds is 10. The summed E-state index contributed by atoms with van der Waals surface area (Å²) in [6.45, 7) is 3.32. The molecule has 1 aromatic rings. The van der Waals surface area contributed by atoms with Gasteiger partial charge in [0.2, 0.25) is 0 Å². The second kappa shape index (κ2) is 10.3. The van der Waals surface area contributed by atoms with Gasteiger partial charge >= 0.3 is 0 Å². The predicted molar refractivity (Wildman–Crippen MR) is 92.9 cm³/mol. The molecule has 1 heterocycles. The minimum absolute atomic E-state index is 0.221. The van der Waals surface area contributed by atoms with E-state index in [2.05, 4.69) is 16.9 Å². The highest BCUT2D eigenvalue weighted by atomic mass is 16.5. The van der Waals surface area contributed by atoms with Gasteiger partial charge < -0.3 is 19.3 Å². The van der Waals surface area contributed by atoms with Crippen molar-refractivity contribution in [3.8, 4) is 18.1 Å². The van der Waals surface area contributed by atoms with Crippen LogP contribution >= 0.6 is 0 Å². The first-order valence-corrected chi connectivity index (χ1v) is 8.37. The first-order chi connectivity index (χ1) is 11.7. The number of nitrogens with zero attached hydrogens (tertiary/aromatic N) is 1. The van der Waals surface area contributed by atoms with Crippen LogP contribution < -0.4 is 4.74 Å². The fraction of sp³-hybridized carbons (Fsp3) is 0.579. The fourth-order valence-electron chi connectivity index (χ4n) is 2.91. The summed E-state index contributed by atoms with van der Waals surface area (Å²) in [7, 11) is 1.66. The number of ether oxygens (including phenoxy) is 3. The Morgan fingerprint density at radius 3 is 3.08 bits per heavy atom.